The van der Waals surface area contributed by atoms with Gasteiger partial charge in [-0.05, 0) is 74.7 Å². The Morgan fingerprint density at radius 2 is 1.91 bits per heavy atom. The van der Waals surface area contributed by atoms with Crippen LogP contribution in [0.15, 0.2) is 36.5 Å². The van der Waals surface area contributed by atoms with E-state index in [0.717, 1.165) is 59.5 Å². The first-order chi connectivity index (χ1) is 15.9. The summed E-state index contributed by atoms with van der Waals surface area (Å²) in [5.41, 5.74) is 5.55. The zero-order valence-electron chi connectivity index (χ0n) is 19.2. The second-order valence-corrected chi connectivity index (χ2v) is 9.01. The number of hydrogen-bond acceptors (Lipinski definition) is 5. The summed E-state index contributed by atoms with van der Waals surface area (Å²) in [6.07, 6.45) is 4.62. The summed E-state index contributed by atoms with van der Waals surface area (Å²) in [6.45, 7) is 6.41. The minimum absolute atomic E-state index is 0.0220. The molecule has 0 bridgehead atoms. The van der Waals surface area contributed by atoms with E-state index in [1.807, 2.05) is 32.0 Å². The number of piperidine rings is 1. The minimum Gasteiger partial charge on any atom is -0.481 e. The zero-order valence-corrected chi connectivity index (χ0v) is 19.2. The third kappa shape index (κ3) is 4.77. The third-order valence-electron chi connectivity index (χ3n) is 6.63. The largest absolute Gasteiger partial charge is 0.481 e. The van der Waals surface area contributed by atoms with Crippen molar-refractivity contribution < 1.29 is 15.0 Å². The molecule has 0 spiro atoms. The molecule has 3 heterocycles. The molecule has 2 unspecified atom stereocenters. The summed E-state index contributed by atoms with van der Waals surface area (Å²) in [5.74, 6) is -1.04. The first-order valence-corrected chi connectivity index (χ1v) is 11.5. The quantitative estimate of drug-likeness (QED) is 0.561. The first-order valence-electron chi connectivity index (χ1n) is 11.5. The van der Waals surface area contributed by atoms with Gasteiger partial charge in [0.25, 0.3) is 0 Å². The van der Waals surface area contributed by atoms with Crippen LogP contribution in [0.25, 0.3) is 16.7 Å². The number of aromatic nitrogens is 2. The van der Waals surface area contributed by atoms with Crippen LogP contribution in [0.5, 0.6) is 0 Å². The molecule has 2 N–H and O–H groups in total. The number of carboxylic acids is 1. The summed E-state index contributed by atoms with van der Waals surface area (Å²) in [7, 11) is 0. The SMILES string of the molecule is Cc1c(C(O)CN2CCCCC2)c2ncc(C(C)CC(=O)O)cc2n1-c1ccc(C#N)cc1. The molecule has 172 valence electrons. The molecule has 2 aromatic heterocycles. The highest BCUT2D eigenvalue weighted by molar-refractivity contribution is 5.85. The average Bonchev–Trinajstić information content (AvgIpc) is 3.10. The van der Waals surface area contributed by atoms with Crippen LogP contribution in [0.4, 0.5) is 0 Å². The smallest absolute Gasteiger partial charge is 0.303 e. The highest BCUT2D eigenvalue weighted by Gasteiger charge is 2.25. The van der Waals surface area contributed by atoms with E-state index in [2.05, 4.69) is 15.5 Å². The van der Waals surface area contributed by atoms with Crippen molar-refractivity contribution in [2.24, 2.45) is 0 Å². The van der Waals surface area contributed by atoms with Gasteiger partial charge in [-0.3, -0.25) is 9.78 Å². The number of nitrogens with zero attached hydrogens (tertiary/aromatic N) is 4. The van der Waals surface area contributed by atoms with E-state index in [0.29, 0.717) is 12.1 Å². The average molecular weight is 447 g/mol. The highest BCUT2D eigenvalue weighted by atomic mass is 16.4. The van der Waals surface area contributed by atoms with Gasteiger partial charge in [0.05, 0.1) is 35.2 Å². The molecular weight excluding hydrogens is 416 g/mol. The van der Waals surface area contributed by atoms with E-state index < -0.39 is 12.1 Å². The van der Waals surface area contributed by atoms with E-state index >= 15 is 0 Å². The third-order valence-corrected chi connectivity index (χ3v) is 6.63. The summed E-state index contributed by atoms with van der Waals surface area (Å²) in [6, 6.07) is 11.5. The van der Waals surface area contributed by atoms with Crippen molar-refractivity contribution in [3.05, 3.63) is 58.9 Å². The number of likely N-dealkylation sites (tertiary alicyclic amines) is 1. The number of hydrogen-bond donors (Lipinski definition) is 2. The number of carboxylic acid groups (broad SMARTS) is 1. The lowest BCUT2D eigenvalue weighted by molar-refractivity contribution is -0.137. The van der Waals surface area contributed by atoms with Crippen molar-refractivity contribution in [3.63, 3.8) is 0 Å². The lowest BCUT2D eigenvalue weighted by Crippen LogP contribution is -2.33. The number of fused-ring (bicyclic) bond motifs is 1. The molecule has 0 aliphatic carbocycles. The second-order valence-electron chi connectivity index (χ2n) is 9.01. The highest BCUT2D eigenvalue weighted by Crippen LogP contribution is 2.34. The Labute approximate surface area is 193 Å². The molecule has 1 aromatic carbocycles. The van der Waals surface area contributed by atoms with E-state index in [-0.39, 0.29) is 12.3 Å². The van der Waals surface area contributed by atoms with Crippen LogP contribution in [0.3, 0.4) is 0 Å². The summed E-state index contributed by atoms with van der Waals surface area (Å²) < 4.78 is 2.05. The Bertz CT molecular complexity index is 1190. The maximum absolute atomic E-state index is 11.3. The maximum atomic E-state index is 11.3. The van der Waals surface area contributed by atoms with E-state index in [4.69, 9.17) is 4.98 Å². The van der Waals surface area contributed by atoms with Crippen LogP contribution in [0, 0.1) is 18.3 Å². The van der Waals surface area contributed by atoms with Gasteiger partial charge in [-0.25, -0.2) is 0 Å². The molecule has 0 saturated carbocycles. The molecule has 1 fully saturated rings. The summed E-state index contributed by atoms with van der Waals surface area (Å²) >= 11 is 0. The van der Waals surface area contributed by atoms with Crippen LogP contribution >= 0.6 is 0 Å². The number of nitriles is 1. The minimum atomic E-state index is -0.848. The van der Waals surface area contributed by atoms with Gasteiger partial charge in [0, 0.05) is 29.7 Å². The van der Waals surface area contributed by atoms with Crippen molar-refractivity contribution in [2.45, 2.75) is 51.6 Å². The normalized spacial score (nSPS) is 16.4. The topological polar surface area (TPSA) is 102 Å². The molecule has 4 rings (SSSR count). The Kier molecular flexibility index (Phi) is 6.77. The maximum Gasteiger partial charge on any atom is 0.303 e. The molecular formula is C26H30N4O3. The lowest BCUT2D eigenvalue weighted by atomic mass is 9.99. The number of rotatable bonds is 7. The van der Waals surface area contributed by atoms with Gasteiger partial charge in [0.1, 0.15) is 0 Å². The molecule has 1 saturated heterocycles. The Morgan fingerprint density at radius 3 is 2.55 bits per heavy atom. The number of aliphatic hydroxyl groups excluding tert-OH is 1. The second kappa shape index (κ2) is 9.74. The van der Waals surface area contributed by atoms with E-state index in [9.17, 15) is 20.3 Å². The molecule has 0 amide bonds. The van der Waals surface area contributed by atoms with Crippen molar-refractivity contribution in [1.82, 2.24) is 14.5 Å². The Morgan fingerprint density at radius 1 is 1.21 bits per heavy atom. The van der Waals surface area contributed by atoms with Crippen LogP contribution in [0.2, 0.25) is 0 Å². The van der Waals surface area contributed by atoms with Gasteiger partial charge < -0.3 is 19.7 Å². The van der Waals surface area contributed by atoms with Crippen molar-refractivity contribution >= 4 is 17.0 Å². The number of pyridine rings is 1. The van der Waals surface area contributed by atoms with Gasteiger partial charge in [0.15, 0.2) is 0 Å². The molecule has 2 atom stereocenters. The van der Waals surface area contributed by atoms with Gasteiger partial charge in [0.2, 0.25) is 0 Å². The summed E-state index contributed by atoms with van der Waals surface area (Å²) in [5, 5.41) is 29.7. The zero-order chi connectivity index (χ0) is 23.5. The lowest BCUT2D eigenvalue weighted by Gasteiger charge is -2.28. The van der Waals surface area contributed by atoms with Crippen molar-refractivity contribution in [2.75, 3.05) is 19.6 Å². The fourth-order valence-corrected chi connectivity index (χ4v) is 4.86. The fourth-order valence-electron chi connectivity index (χ4n) is 4.86. The van der Waals surface area contributed by atoms with E-state index in [1.54, 1.807) is 18.3 Å². The molecule has 1 aliphatic heterocycles. The van der Waals surface area contributed by atoms with Gasteiger partial charge in [-0.2, -0.15) is 5.26 Å². The van der Waals surface area contributed by atoms with Crippen LogP contribution in [0.1, 0.15) is 67.0 Å². The molecule has 0 radical (unpaired) electrons. The standard InChI is InChI=1S/C26H30N4O3/c1-17(12-24(32)33)20-13-22-26(28-15-20)25(23(31)16-29-10-4-3-5-11-29)18(2)30(22)21-8-6-19(14-27)7-9-21/h6-9,13,15,17,23,31H,3-5,10-12,16H2,1-2H3,(H,32,33). The Balaban J connectivity index is 1.82. The molecule has 7 nitrogen and oxygen atoms in total. The van der Waals surface area contributed by atoms with Gasteiger partial charge in [-0.1, -0.05) is 13.3 Å². The van der Waals surface area contributed by atoms with Crippen LogP contribution < -0.4 is 0 Å². The predicted octanol–water partition coefficient (Wildman–Crippen LogP) is 4.30. The molecule has 7 heteroatoms. The number of aliphatic carboxylic acids is 1. The van der Waals surface area contributed by atoms with Crippen LogP contribution in [-0.2, 0) is 4.79 Å². The molecule has 3 aromatic rings. The van der Waals surface area contributed by atoms with E-state index in [1.165, 1.54) is 6.42 Å². The van der Waals surface area contributed by atoms with Gasteiger partial charge >= 0.3 is 5.97 Å². The fraction of sp³-hybridized carbons (Fsp3) is 0.423. The van der Waals surface area contributed by atoms with Crippen molar-refractivity contribution in [1.29, 1.82) is 5.26 Å². The van der Waals surface area contributed by atoms with Crippen molar-refractivity contribution in [3.8, 4) is 11.8 Å². The Hall–Kier alpha value is -3.21. The predicted molar refractivity (Wildman–Crippen MR) is 126 cm³/mol. The molecule has 33 heavy (non-hydrogen) atoms. The first kappa shape index (κ1) is 23.0. The number of benzene rings is 1. The number of β-amino-alcohol motifs (C(OH)–C–C–N with tert-alkyl or cyclic N) is 1. The molecule has 1 aliphatic rings. The van der Waals surface area contributed by atoms with Gasteiger partial charge in [-0.15, -0.1) is 0 Å². The number of aliphatic hydroxyl groups is 1. The summed E-state index contributed by atoms with van der Waals surface area (Å²) in [4.78, 5) is 18.3. The number of carbonyl (C=O) groups is 1. The van der Waals surface area contributed by atoms with Crippen LogP contribution in [-0.4, -0.2) is 50.3 Å². The monoisotopic (exact) mass is 446 g/mol.